The van der Waals surface area contributed by atoms with Gasteiger partial charge in [0.1, 0.15) is 5.75 Å². The van der Waals surface area contributed by atoms with Crippen LogP contribution in [-0.2, 0) is 17.8 Å². The molecular weight excluding hydrogens is 376 g/mol. The summed E-state index contributed by atoms with van der Waals surface area (Å²) in [6, 6.07) is 13.5. The van der Waals surface area contributed by atoms with E-state index in [0.717, 1.165) is 49.1 Å². The highest BCUT2D eigenvalue weighted by atomic mass is 16.5. The molecule has 1 atom stereocenters. The molecule has 5 nitrogen and oxygen atoms in total. The van der Waals surface area contributed by atoms with Gasteiger partial charge in [0.15, 0.2) is 0 Å². The summed E-state index contributed by atoms with van der Waals surface area (Å²) in [6.07, 6.45) is 6.38. The molecule has 0 radical (unpaired) electrons. The highest BCUT2D eigenvalue weighted by Crippen LogP contribution is 2.34. The van der Waals surface area contributed by atoms with Gasteiger partial charge in [-0.15, -0.1) is 0 Å². The molecule has 0 aromatic heterocycles. The van der Waals surface area contributed by atoms with Crippen LogP contribution < -0.4 is 15.0 Å². The fourth-order valence-corrected chi connectivity index (χ4v) is 4.64. The van der Waals surface area contributed by atoms with Crippen molar-refractivity contribution in [2.75, 3.05) is 12.0 Å². The van der Waals surface area contributed by atoms with Crippen LogP contribution >= 0.6 is 0 Å². The Hall–Kier alpha value is -2.82. The Morgan fingerprint density at radius 2 is 1.80 bits per heavy atom. The minimum absolute atomic E-state index is 0.00713. The summed E-state index contributed by atoms with van der Waals surface area (Å²) in [5.74, 6) is 1.04. The van der Waals surface area contributed by atoms with Crippen LogP contribution in [0.4, 0.5) is 5.69 Å². The third-order valence-corrected chi connectivity index (χ3v) is 6.36. The Kier molecular flexibility index (Phi) is 6.07. The molecule has 1 fully saturated rings. The number of hydrogen-bond donors (Lipinski definition) is 1. The molecule has 1 N–H and O–H groups in total. The molecule has 0 spiro atoms. The van der Waals surface area contributed by atoms with Crippen LogP contribution in [0.5, 0.6) is 5.75 Å². The van der Waals surface area contributed by atoms with Gasteiger partial charge in [0.05, 0.1) is 7.11 Å². The lowest BCUT2D eigenvalue weighted by atomic mass is 9.88. The van der Waals surface area contributed by atoms with Crippen LogP contribution in [0.3, 0.4) is 0 Å². The average Bonchev–Trinajstić information content (AvgIpc) is 3.12. The molecule has 158 valence electrons. The summed E-state index contributed by atoms with van der Waals surface area (Å²) >= 11 is 0. The van der Waals surface area contributed by atoms with Gasteiger partial charge in [-0.05, 0) is 67.6 Å². The molecule has 2 aromatic carbocycles. The molecule has 4 rings (SSSR count). The molecule has 1 heterocycles. The van der Waals surface area contributed by atoms with Gasteiger partial charge in [-0.1, -0.05) is 31.4 Å². The smallest absolute Gasteiger partial charge is 0.258 e. The predicted octanol–water partition coefficient (Wildman–Crippen LogP) is 4.48. The van der Waals surface area contributed by atoms with E-state index in [0.29, 0.717) is 12.1 Å². The van der Waals surface area contributed by atoms with Crippen molar-refractivity contribution in [3.8, 4) is 5.75 Å². The molecule has 2 aromatic rings. The Labute approximate surface area is 178 Å². The Bertz CT molecular complexity index is 916. The highest BCUT2D eigenvalue weighted by molar-refractivity contribution is 6.07. The maximum atomic E-state index is 13.2. The van der Waals surface area contributed by atoms with Crippen LogP contribution in [0.1, 0.15) is 60.5 Å². The molecule has 0 unspecified atom stereocenters. The van der Waals surface area contributed by atoms with Crippen molar-refractivity contribution >= 4 is 17.5 Å². The molecule has 1 aliphatic heterocycles. The summed E-state index contributed by atoms with van der Waals surface area (Å²) in [6.45, 7) is 2.58. The quantitative estimate of drug-likeness (QED) is 0.796. The summed E-state index contributed by atoms with van der Waals surface area (Å²) in [5.41, 5.74) is 3.80. The van der Waals surface area contributed by atoms with E-state index in [1.54, 1.807) is 19.2 Å². The number of hydrogen-bond acceptors (Lipinski definition) is 3. The van der Waals surface area contributed by atoms with Gasteiger partial charge < -0.3 is 15.0 Å². The van der Waals surface area contributed by atoms with Crippen LogP contribution in [0.15, 0.2) is 42.5 Å². The van der Waals surface area contributed by atoms with Crippen molar-refractivity contribution in [2.24, 2.45) is 5.92 Å². The Morgan fingerprint density at radius 1 is 1.07 bits per heavy atom. The van der Waals surface area contributed by atoms with Gasteiger partial charge in [0.2, 0.25) is 5.91 Å². The molecular formula is C25H30N2O3. The second-order valence-corrected chi connectivity index (χ2v) is 8.47. The number of nitrogens with one attached hydrogen (secondary N) is 1. The van der Waals surface area contributed by atoms with E-state index in [1.807, 2.05) is 17.0 Å². The van der Waals surface area contributed by atoms with E-state index >= 15 is 0 Å². The number of nitrogens with zero attached hydrogens (tertiary/aromatic N) is 1. The first kappa shape index (κ1) is 20.5. The summed E-state index contributed by atoms with van der Waals surface area (Å²) in [7, 11) is 1.62. The van der Waals surface area contributed by atoms with Gasteiger partial charge in [-0.3, -0.25) is 9.59 Å². The van der Waals surface area contributed by atoms with E-state index < -0.39 is 0 Å². The number of ether oxygens (including phenoxy) is 1. The zero-order valence-corrected chi connectivity index (χ0v) is 17.8. The van der Waals surface area contributed by atoms with E-state index in [9.17, 15) is 9.59 Å². The number of amides is 2. The lowest BCUT2D eigenvalue weighted by molar-refractivity contribution is -0.126. The minimum Gasteiger partial charge on any atom is -0.497 e. The molecule has 2 amide bonds. The zero-order chi connectivity index (χ0) is 21.1. The van der Waals surface area contributed by atoms with Gasteiger partial charge >= 0.3 is 0 Å². The fraction of sp³-hybridized carbons (Fsp3) is 0.440. The standard InChI is InChI=1S/C25H30N2O3/c1-17-14-21-9-8-18(16-26-24(28)19-6-4-3-5-7-19)15-23(21)27(17)25(29)20-10-12-22(30-2)13-11-20/h8-13,15,17,19H,3-7,14,16H2,1-2H3,(H,26,28)/t17-/m0/s1. The zero-order valence-electron chi connectivity index (χ0n) is 17.8. The van der Waals surface area contributed by atoms with E-state index in [4.69, 9.17) is 4.74 Å². The first-order chi connectivity index (χ1) is 14.6. The van der Waals surface area contributed by atoms with Crippen molar-refractivity contribution in [3.05, 3.63) is 59.2 Å². The minimum atomic E-state index is -0.00713. The maximum absolute atomic E-state index is 13.2. The molecule has 1 saturated carbocycles. The number of fused-ring (bicyclic) bond motifs is 1. The Morgan fingerprint density at radius 3 is 2.50 bits per heavy atom. The van der Waals surface area contributed by atoms with Crippen molar-refractivity contribution in [1.82, 2.24) is 5.32 Å². The normalized spacial score (nSPS) is 18.7. The highest BCUT2D eigenvalue weighted by Gasteiger charge is 2.32. The number of benzene rings is 2. The van der Waals surface area contributed by atoms with E-state index in [2.05, 4.69) is 30.4 Å². The van der Waals surface area contributed by atoms with Crippen LogP contribution in [0.2, 0.25) is 0 Å². The average molecular weight is 407 g/mol. The van der Waals surface area contributed by atoms with Crippen LogP contribution in [-0.4, -0.2) is 25.0 Å². The molecule has 2 aliphatic rings. The molecule has 30 heavy (non-hydrogen) atoms. The van der Waals surface area contributed by atoms with Crippen LogP contribution in [0, 0.1) is 5.92 Å². The van der Waals surface area contributed by atoms with Crippen molar-refractivity contribution in [3.63, 3.8) is 0 Å². The first-order valence-electron chi connectivity index (χ1n) is 10.9. The van der Waals surface area contributed by atoms with Crippen molar-refractivity contribution in [1.29, 1.82) is 0 Å². The van der Waals surface area contributed by atoms with Crippen molar-refractivity contribution in [2.45, 2.75) is 58.0 Å². The van der Waals surface area contributed by atoms with Gasteiger partial charge in [0.25, 0.3) is 5.91 Å². The second kappa shape index (κ2) is 8.90. The molecule has 5 heteroatoms. The Balaban J connectivity index is 1.48. The van der Waals surface area contributed by atoms with E-state index in [1.165, 1.54) is 12.0 Å². The summed E-state index contributed by atoms with van der Waals surface area (Å²) < 4.78 is 5.20. The first-order valence-corrected chi connectivity index (χ1v) is 10.9. The van der Waals surface area contributed by atoms with Crippen molar-refractivity contribution < 1.29 is 14.3 Å². The number of methoxy groups -OCH3 is 1. The number of anilines is 1. The van der Waals surface area contributed by atoms with Crippen LogP contribution in [0.25, 0.3) is 0 Å². The molecule has 0 bridgehead atoms. The fourth-order valence-electron chi connectivity index (χ4n) is 4.64. The second-order valence-electron chi connectivity index (χ2n) is 8.47. The topological polar surface area (TPSA) is 58.6 Å². The number of rotatable bonds is 5. The monoisotopic (exact) mass is 406 g/mol. The maximum Gasteiger partial charge on any atom is 0.258 e. The molecule has 0 saturated heterocycles. The van der Waals surface area contributed by atoms with Gasteiger partial charge in [-0.25, -0.2) is 0 Å². The third-order valence-electron chi connectivity index (χ3n) is 6.36. The van der Waals surface area contributed by atoms with Gasteiger partial charge in [-0.2, -0.15) is 0 Å². The van der Waals surface area contributed by atoms with E-state index in [-0.39, 0.29) is 23.8 Å². The lowest BCUT2D eigenvalue weighted by Crippen LogP contribution is -2.35. The number of carbonyl (C=O) groups excluding carboxylic acids is 2. The summed E-state index contributed by atoms with van der Waals surface area (Å²) in [5, 5.41) is 3.10. The largest absolute Gasteiger partial charge is 0.497 e. The summed E-state index contributed by atoms with van der Waals surface area (Å²) in [4.78, 5) is 27.6. The lowest BCUT2D eigenvalue weighted by Gasteiger charge is -2.23. The predicted molar refractivity (Wildman–Crippen MR) is 118 cm³/mol. The van der Waals surface area contributed by atoms with Gasteiger partial charge in [0, 0.05) is 29.8 Å². The third kappa shape index (κ3) is 4.20. The SMILES string of the molecule is COc1ccc(C(=O)N2c3cc(CNC(=O)C4CCCCC4)ccc3C[C@@H]2C)cc1. The number of carbonyl (C=O) groups is 2. The molecule has 1 aliphatic carbocycles.